The maximum atomic E-state index is 12.5. The predicted molar refractivity (Wildman–Crippen MR) is 125 cm³/mol. The number of hydrazine groups is 1. The molecule has 3 aromatic carbocycles. The van der Waals surface area contributed by atoms with E-state index in [1.165, 1.54) is 0 Å². The molecule has 5 N–H and O–H groups in total. The van der Waals surface area contributed by atoms with Gasteiger partial charge >= 0.3 is 0 Å². The second-order valence-corrected chi connectivity index (χ2v) is 7.29. The van der Waals surface area contributed by atoms with Crippen LogP contribution in [0.3, 0.4) is 0 Å². The molecule has 3 amide bonds. The summed E-state index contributed by atoms with van der Waals surface area (Å²) in [5, 5.41) is 6.78. The average Bonchev–Trinajstić information content (AvgIpc) is 3.37. The highest BCUT2D eigenvalue weighted by Crippen LogP contribution is 2.19. The van der Waals surface area contributed by atoms with E-state index < -0.39 is 17.7 Å². The minimum Gasteiger partial charge on any atom is -0.488 e. The molecule has 1 heterocycles. The van der Waals surface area contributed by atoms with Crippen molar-refractivity contribution in [2.24, 2.45) is 5.73 Å². The van der Waals surface area contributed by atoms with E-state index in [4.69, 9.17) is 10.5 Å². The standard InChI is InChI=1S/C25H21N5O4/c26-23(31)19-11-4-5-12-22(19)34-15-16-7-6-10-18(13-16)24(32)29-30-25(33)21-14-20(27-28-21)17-8-2-1-3-9-17/h1-14H,15H2,(H2,26,31)(H,27,28)(H,29,32)(H,30,33). The summed E-state index contributed by atoms with van der Waals surface area (Å²) in [6.45, 7) is 0.119. The molecule has 0 aliphatic heterocycles. The van der Waals surface area contributed by atoms with Crippen LogP contribution in [0, 0.1) is 0 Å². The summed E-state index contributed by atoms with van der Waals surface area (Å²) in [5.74, 6) is -1.28. The number of amides is 3. The number of nitrogens with one attached hydrogen (secondary N) is 3. The third-order valence-corrected chi connectivity index (χ3v) is 4.92. The summed E-state index contributed by atoms with van der Waals surface area (Å²) in [6, 6.07) is 24.3. The van der Waals surface area contributed by atoms with E-state index in [1.54, 1.807) is 54.6 Å². The molecule has 0 saturated heterocycles. The molecule has 0 radical (unpaired) electrons. The van der Waals surface area contributed by atoms with Crippen molar-refractivity contribution in [3.8, 4) is 17.0 Å². The molecule has 0 saturated carbocycles. The van der Waals surface area contributed by atoms with E-state index in [0.717, 1.165) is 5.56 Å². The van der Waals surface area contributed by atoms with Crippen LogP contribution >= 0.6 is 0 Å². The van der Waals surface area contributed by atoms with E-state index in [2.05, 4.69) is 21.0 Å². The number of primary amides is 1. The summed E-state index contributed by atoms with van der Waals surface area (Å²) >= 11 is 0. The largest absolute Gasteiger partial charge is 0.488 e. The van der Waals surface area contributed by atoms with E-state index in [1.807, 2.05) is 30.3 Å². The molecule has 0 fully saturated rings. The molecular formula is C25H21N5O4. The van der Waals surface area contributed by atoms with Crippen molar-refractivity contribution in [1.82, 2.24) is 21.0 Å². The fourth-order valence-corrected chi connectivity index (χ4v) is 3.21. The smallest absolute Gasteiger partial charge is 0.287 e. The number of H-pyrrole nitrogens is 1. The van der Waals surface area contributed by atoms with E-state index >= 15 is 0 Å². The second kappa shape index (κ2) is 10.1. The first-order valence-electron chi connectivity index (χ1n) is 10.3. The SMILES string of the molecule is NC(=O)c1ccccc1OCc1cccc(C(=O)NNC(=O)c2cc(-c3ccccc3)n[nH]2)c1. The van der Waals surface area contributed by atoms with Gasteiger partial charge in [-0.2, -0.15) is 5.10 Å². The van der Waals surface area contributed by atoms with Crippen molar-refractivity contribution in [3.05, 3.63) is 107 Å². The quantitative estimate of drug-likeness (QED) is 0.317. The van der Waals surface area contributed by atoms with Crippen LogP contribution < -0.4 is 21.3 Å². The zero-order valence-corrected chi connectivity index (χ0v) is 17.9. The van der Waals surface area contributed by atoms with Gasteiger partial charge in [-0.3, -0.25) is 30.3 Å². The fraction of sp³-hybridized carbons (Fsp3) is 0.0400. The number of benzene rings is 3. The molecule has 34 heavy (non-hydrogen) atoms. The lowest BCUT2D eigenvalue weighted by molar-refractivity contribution is 0.0844. The molecule has 0 spiro atoms. The number of carbonyl (C=O) groups excluding carboxylic acids is 3. The molecular weight excluding hydrogens is 434 g/mol. The molecule has 0 aliphatic rings. The number of aromatic amines is 1. The van der Waals surface area contributed by atoms with Crippen molar-refractivity contribution in [2.45, 2.75) is 6.61 Å². The van der Waals surface area contributed by atoms with Gasteiger partial charge in [0.25, 0.3) is 17.7 Å². The van der Waals surface area contributed by atoms with Crippen molar-refractivity contribution in [3.63, 3.8) is 0 Å². The number of aromatic nitrogens is 2. The molecule has 4 aromatic rings. The van der Waals surface area contributed by atoms with Gasteiger partial charge < -0.3 is 10.5 Å². The Labute approximate surface area is 194 Å². The van der Waals surface area contributed by atoms with Crippen LogP contribution in [-0.4, -0.2) is 27.9 Å². The van der Waals surface area contributed by atoms with Crippen LogP contribution in [-0.2, 0) is 6.61 Å². The Morgan fingerprint density at radius 1 is 0.853 bits per heavy atom. The summed E-state index contributed by atoms with van der Waals surface area (Å²) in [7, 11) is 0. The van der Waals surface area contributed by atoms with Crippen LogP contribution in [0.25, 0.3) is 11.3 Å². The molecule has 9 heteroatoms. The second-order valence-electron chi connectivity index (χ2n) is 7.29. The monoisotopic (exact) mass is 455 g/mol. The number of nitrogens with two attached hydrogens (primary N) is 1. The Kier molecular flexibility index (Phi) is 6.64. The van der Waals surface area contributed by atoms with Gasteiger partial charge in [-0.1, -0.05) is 54.6 Å². The fourth-order valence-electron chi connectivity index (χ4n) is 3.21. The number of ether oxygens (including phenoxy) is 1. The number of hydrogen-bond donors (Lipinski definition) is 4. The Balaban J connectivity index is 1.35. The summed E-state index contributed by atoms with van der Waals surface area (Å²) in [5.41, 5.74) is 13.1. The normalized spacial score (nSPS) is 10.4. The van der Waals surface area contributed by atoms with Gasteiger partial charge in [0, 0.05) is 11.1 Å². The molecule has 170 valence electrons. The maximum Gasteiger partial charge on any atom is 0.287 e. The lowest BCUT2D eigenvalue weighted by Gasteiger charge is -2.11. The third kappa shape index (κ3) is 5.28. The van der Waals surface area contributed by atoms with Gasteiger partial charge in [0.15, 0.2) is 0 Å². The first-order chi connectivity index (χ1) is 16.5. The lowest BCUT2D eigenvalue weighted by atomic mass is 10.1. The highest BCUT2D eigenvalue weighted by Gasteiger charge is 2.14. The molecule has 9 nitrogen and oxygen atoms in total. The molecule has 0 bridgehead atoms. The number of hydrogen-bond acceptors (Lipinski definition) is 5. The van der Waals surface area contributed by atoms with Crippen LogP contribution in [0.1, 0.15) is 36.8 Å². The molecule has 1 aromatic heterocycles. The summed E-state index contributed by atoms with van der Waals surface area (Å²) in [6.07, 6.45) is 0. The van der Waals surface area contributed by atoms with Gasteiger partial charge in [-0.25, -0.2) is 0 Å². The van der Waals surface area contributed by atoms with Crippen molar-refractivity contribution in [1.29, 1.82) is 0 Å². The van der Waals surface area contributed by atoms with Crippen LogP contribution in [0.2, 0.25) is 0 Å². The predicted octanol–water partition coefficient (Wildman–Crippen LogP) is 2.83. The van der Waals surface area contributed by atoms with Gasteiger partial charge in [-0.05, 0) is 35.9 Å². The topological polar surface area (TPSA) is 139 Å². The number of nitrogens with zero attached hydrogens (tertiary/aromatic N) is 1. The van der Waals surface area contributed by atoms with Crippen LogP contribution in [0.5, 0.6) is 5.75 Å². The highest BCUT2D eigenvalue weighted by molar-refractivity contribution is 5.98. The van der Waals surface area contributed by atoms with E-state index in [0.29, 0.717) is 22.6 Å². The number of carbonyl (C=O) groups is 3. The zero-order valence-electron chi connectivity index (χ0n) is 17.9. The van der Waals surface area contributed by atoms with Crippen LogP contribution in [0.4, 0.5) is 0 Å². The molecule has 0 atom stereocenters. The Bertz CT molecular complexity index is 1330. The summed E-state index contributed by atoms with van der Waals surface area (Å²) in [4.78, 5) is 36.4. The Morgan fingerprint density at radius 2 is 1.59 bits per heavy atom. The van der Waals surface area contributed by atoms with Crippen molar-refractivity contribution >= 4 is 17.7 Å². The maximum absolute atomic E-state index is 12.5. The highest BCUT2D eigenvalue weighted by atomic mass is 16.5. The van der Waals surface area contributed by atoms with E-state index in [-0.39, 0.29) is 17.9 Å². The number of rotatable bonds is 7. The first-order valence-corrected chi connectivity index (χ1v) is 10.3. The average molecular weight is 455 g/mol. The molecule has 4 rings (SSSR count). The van der Waals surface area contributed by atoms with Gasteiger partial charge in [-0.15, -0.1) is 0 Å². The van der Waals surface area contributed by atoms with E-state index in [9.17, 15) is 14.4 Å². The van der Waals surface area contributed by atoms with Gasteiger partial charge in [0.1, 0.15) is 18.1 Å². The molecule has 0 aliphatic carbocycles. The van der Waals surface area contributed by atoms with Gasteiger partial charge in [0.05, 0.1) is 11.3 Å². The van der Waals surface area contributed by atoms with Crippen molar-refractivity contribution < 1.29 is 19.1 Å². The number of para-hydroxylation sites is 1. The Hall–Kier alpha value is -4.92. The van der Waals surface area contributed by atoms with Crippen LogP contribution in [0.15, 0.2) is 84.9 Å². The lowest BCUT2D eigenvalue weighted by Crippen LogP contribution is -2.41. The minimum atomic E-state index is -0.590. The molecule has 0 unspecified atom stereocenters. The minimum absolute atomic E-state index is 0.119. The third-order valence-electron chi connectivity index (χ3n) is 4.92. The Morgan fingerprint density at radius 3 is 2.38 bits per heavy atom. The van der Waals surface area contributed by atoms with Crippen molar-refractivity contribution in [2.75, 3.05) is 0 Å². The summed E-state index contributed by atoms with van der Waals surface area (Å²) < 4.78 is 5.70. The first kappa shape index (κ1) is 22.3. The van der Waals surface area contributed by atoms with Gasteiger partial charge in [0.2, 0.25) is 0 Å². The zero-order chi connectivity index (χ0) is 23.9.